The lowest BCUT2D eigenvalue weighted by Crippen LogP contribution is -2.55. The van der Waals surface area contributed by atoms with E-state index >= 15 is 0 Å². The summed E-state index contributed by atoms with van der Waals surface area (Å²) in [7, 11) is 3.29. The van der Waals surface area contributed by atoms with Crippen molar-refractivity contribution in [3.05, 3.63) is 17.8 Å². The molecule has 1 N–H and O–H groups in total. The molecule has 1 aliphatic heterocycles. The van der Waals surface area contributed by atoms with Gasteiger partial charge < -0.3 is 14.9 Å². The molecular weight excluding hydrogens is 272 g/mol. The third-order valence-electron chi connectivity index (χ3n) is 3.90. The largest absolute Gasteiger partial charge is 0.480 e. The summed E-state index contributed by atoms with van der Waals surface area (Å²) in [4.78, 5) is 26.5. The highest BCUT2D eigenvalue weighted by molar-refractivity contribution is 5.92. The van der Waals surface area contributed by atoms with E-state index in [2.05, 4.69) is 10.2 Å². The Morgan fingerprint density at radius 3 is 2.52 bits per heavy atom. The number of carboxylic acid groups (broad SMARTS) is 1. The summed E-state index contributed by atoms with van der Waals surface area (Å²) in [5.74, 6) is -0.596. The average Bonchev–Trinajstić information content (AvgIpc) is 2.47. The van der Waals surface area contributed by atoms with Crippen LogP contribution in [0.5, 0.6) is 0 Å². The van der Waals surface area contributed by atoms with Gasteiger partial charge in [0.1, 0.15) is 5.54 Å². The lowest BCUT2D eigenvalue weighted by molar-refractivity contribution is -0.143. The Bertz CT molecular complexity index is 544. The molecule has 0 bridgehead atoms. The number of piperidine rings is 1. The van der Waals surface area contributed by atoms with E-state index in [1.807, 2.05) is 0 Å². The summed E-state index contributed by atoms with van der Waals surface area (Å²) < 4.78 is 0. The molecule has 1 saturated heterocycles. The van der Waals surface area contributed by atoms with Gasteiger partial charge in [0.15, 0.2) is 11.5 Å². The van der Waals surface area contributed by atoms with Gasteiger partial charge in [-0.15, -0.1) is 10.2 Å². The molecule has 1 unspecified atom stereocenters. The topological polar surface area (TPSA) is 86.6 Å². The van der Waals surface area contributed by atoms with E-state index in [0.29, 0.717) is 18.8 Å². The molecule has 2 heterocycles. The minimum atomic E-state index is -0.972. The van der Waals surface area contributed by atoms with Crippen molar-refractivity contribution in [3.8, 4) is 0 Å². The highest BCUT2D eigenvalue weighted by Gasteiger charge is 2.42. The maximum atomic E-state index is 11.8. The van der Waals surface area contributed by atoms with Gasteiger partial charge in [0.25, 0.3) is 5.91 Å². The molecule has 1 atom stereocenters. The molecule has 7 nitrogen and oxygen atoms in total. The Kier molecular flexibility index (Phi) is 4.11. The van der Waals surface area contributed by atoms with Gasteiger partial charge in [0.05, 0.1) is 0 Å². The molecule has 0 spiro atoms. The number of aromatic nitrogens is 2. The minimum absolute atomic E-state index is 0.228. The van der Waals surface area contributed by atoms with E-state index in [9.17, 15) is 14.7 Å². The highest BCUT2D eigenvalue weighted by Crippen LogP contribution is 2.31. The number of hydrogen-bond donors (Lipinski definition) is 1. The zero-order valence-electron chi connectivity index (χ0n) is 12.5. The van der Waals surface area contributed by atoms with Crippen molar-refractivity contribution >= 4 is 17.7 Å². The monoisotopic (exact) mass is 292 g/mol. The lowest BCUT2D eigenvalue weighted by atomic mass is 9.88. The van der Waals surface area contributed by atoms with Crippen LogP contribution in [0.4, 0.5) is 5.82 Å². The van der Waals surface area contributed by atoms with Gasteiger partial charge >= 0.3 is 5.97 Å². The smallest absolute Gasteiger partial charge is 0.329 e. The second-order valence-electron chi connectivity index (χ2n) is 5.66. The quantitative estimate of drug-likeness (QED) is 0.894. The highest BCUT2D eigenvalue weighted by atomic mass is 16.4. The number of anilines is 1. The number of nitrogens with zero attached hydrogens (tertiary/aromatic N) is 4. The van der Waals surface area contributed by atoms with Crippen molar-refractivity contribution in [2.75, 3.05) is 25.5 Å². The average molecular weight is 292 g/mol. The molecule has 1 aromatic heterocycles. The standard InChI is InChI=1S/C14H20N4O3/c1-14(13(20)21)8-4-5-9-18(14)11-7-6-10(15-16-11)12(19)17(2)3/h6-7H,4-5,8-9H2,1-3H3,(H,20,21). The predicted octanol–water partition coefficient (Wildman–Crippen LogP) is 1.01. The van der Waals surface area contributed by atoms with Crippen molar-refractivity contribution in [2.24, 2.45) is 0 Å². The molecule has 1 aromatic rings. The molecular formula is C14H20N4O3. The Labute approximate surface area is 123 Å². The van der Waals surface area contributed by atoms with Gasteiger partial charge in [-0.2, -0.15) is 0 Å². The molecule has 21 heavy (non-hydrogen) atoms. The second kappa shape index (κ2) is 5.67. The summed E-state index contributed by atoms with van der Waals surface area (Å²) in [5.41, 5.74) is -0.724. The fourth-order valence-corrected chi connectivity index (χ4v) is 2.52. The Morgan fingerprint density at radius 1 is 1.29 bits per heavy atom. The van der Waals surface area contributed by atoms with E-state index in [0.717, 1.165) is 12.8 Å². The Balaban J connectivity index is 2.28. The first kappa shape index (κ1) is 15.2. The molecule has 1 aliphatic rings. The number of carbonyl (C=O) groups excluding carboxylic acids is 1. The Hall–Kier alpha value is -2.18. The third-order valence-corrected chi connectivity index (χ3v) is 3.90. The first-order chi connectivity index (χ1) is 9.86. The SMILES string of the molecule is CN(C)C(=O)c1ccc(N2CCCCC2(C)C(=O)O)nn1. The first-order valence-corrected chi connectivity index (χ1v) is 6.92. The van der Waals surface area contributed by atoms with Crippen molar-refractivity contribution in [2.45, 2.75) is 31.7 Å². The van der Waals surface area contributed by atoms with Gasteiger partial charge in [-0.25, -0.2) is 4.79 Å². The van der Waals surface area contributed by atoms with Gasteiger partial charge in [-0.05, 0) is 38.3 Å². The van der Waals surface area contributed by atoms with Crippen LogP contribution in [0.2, 0.25) is 0 Å². The summed E-state index contributed by atoms with van der Waals surface area (Å²) in [6, 6.07) is 3.25. The summed E-state index contributed by atoms with van der Waals surface area (Å²) in [6.45, 7) is 2.33. The van der Waals surface area contributed by atoms with Gasteiger partial charge in [-0.3, -0.25) is 4.79 Å². The molecule has 0 saturated carbocycles. The summed E-state index contributed by atoms with van der Waals surface area (Å²) in [6.07, 6.45) is 2.37. The predicted molar refractivity (Wildman–Crippen MR) is 77.3 cm³/mol. The Morgan fingerprint density at radius 2 is 2.00 bits per heavy atom. The third kappa shape index (κ3) is 2.81. The van der Waals surface area contributed by atoms with Crippen molar-refractivity contribution in [1.82, 2.24) is 15.1 Å². The number of carbonyl (C=O) groups is 2. The van der Waals surface area contributed by atoms with Crippen LogP contribution in [0, 0.1) is 0 Å². The molecule has 2 rings (SSSR count). The fourth-order valence-electron chi connectivity index (χ4n) is 2.52. The van der Waals surface area contributed by atoms with Gasteiger partial charge in [-0.1, -0.05) is 0 Å². The van der Waals surface area contributed by atoms with E-state index in [4.69, 9.17) is 0 Å². The first-order valence-electron chi connectivity index (χ1n) is 6.92. The maximum Gasteiger partial charge on any atom is 0.329 e. The van der Waals surface area contributed by atoms with Crippen LogP contribution in [0.25, 0.3) is 0 Å². The van der Waals surface area contributed by atoms with Gasteiger partial charge in [0, 0.05) is 20.6 Å². The zero-order valence-corrected chi connectivity index (χ0v) is 12.5. The van der Waals surface area contributed by atoms with E-state index < -0.39 is 11.5 Å². The number of rotatable bonds is 3. The van der Waals surface area contributed by atoms with Crippen molar-refractivity contribution in [1.29, 1.82) is 0 Å². The second-order valence-corrected chi connectivity index (χ2v) is 5.66. The minimum Gasteiger partial charge on any atom is -0.480 e. The van der Waals surface area contributed by atoms with Crippen molar-refractivity contribution < 1.29 is 14.7 Å². The van der Waals surface area contributed by atoms with E-state index in [1.165, 1.54) is 4.90 Å². The van der Waals surface area contributed by atoms with Crippen LogP contribution < -0.4 is 4.90 Å². The number of carboxylic acids is 1. The molecule has 0 radical (unpaired) electrons. The molecule has 0 aliphatic carbocycles. The number of aliphatic carboxylic acids is 1. The van der Waals surface area contributed by atoms with Crippen LogP contribution in [-0.4, -0.2) is 58.3 Å². The van der Waals surface area contributed by atoms with E-state index in [-0.39, 0.29) is 11.6 Å². The maximum absolute atomic E-state index is 11.8. The number of amides is 1. The van der Waals surface area contributed by atoms with Crippen LogP contribution in [0.3, 0.4) is 0 Å². The lowest BCUT2D eigenvalue weighted by Gasteiger charge is -2.42. The summed E-state index contributed by atoms with van der Waals surface area (Å²) >= 11 is 0. The van der Waals surface area contributed by atoms with E-state index in [1.54, 1.807) is 38.1 Å². The summed E-state index contributed by atoms with van der Waals surface area (Å²) in [5, 5.41) is 17.5. The van der Waals surface area contributed by atoms with Crippen LogP contribution >= 0.6 is 0 Å². The van der Waals surface area contributed by atoms with Crippen LogP contribution in [0.1, 0.15) is 36.7 Å². The number of hydrogen-bond acceptors (Lipinski definition) is 5. The normalized spacial score (nSPS) is 22.0. The van der Waals surface area contributed by atoms with Crippen LogP contribution in [-0.2, 0) is 4.79 Å². The van der Waals surface area contributed by atoms with Crippen LogP contribution in [0.15, 0.2) is 12.1 Å². The molecule has 7 heteroatoms. The molecule has 0 aromatic carbocycles. The molecule has 1 amide bonds. The van der Waals surface area contributed by atoms with Crippen molar-refractivity contribution in [3.63, 3.8) is 0 Å². The molecule has 114 valence electrons. The zero-order chi connectivity index (χ0) is 15.6. The van der Waals surface area contributed by atoms with Gasteiger partial charge in [0.2, 0.25) is 0 Å². The molecule has 1 fully saturated rings. The fraction of sp³-hybridized carbons (Fsp3) is 0.571.